The van der Waals surface area contributed by atoms with Crippen LogP contribution in [0.5, 0.6) is 0 Å². The van der Waals surface area contributed by atoms with E-state index in [-0.39, 0.29) is 36.8 Å². The van der Waals surface area contributed by atoms with Gasteiger partial charge in [0, 0.05) is 19.2 Å². The first-order valence-corrected chi connectivity index (χ1v) is 6.83. The van der Waals surface area contributed by atoms with Crippen molar-refractivity contribution in [2.75, 3.05) is 31.8 Å². The summed E-state index contributed by atoms with van der Waals surface area (Å²) in [4.78, 5) is 35.5. The molecule has 0 saturated heterocycles. The van der Waals surface area contributed by atoms with Crippen LogP contribution in [0.1, 0.15) is 17.3 Å². The highest BCUT2D eigenvalue weighted by molar-refractivity contribution is 6.03. The molecular formula is C15H18N2O6. The third kappa shape index (κ3) is 4.89. The molecule has 1 aromatic carbocycles. The van der Waals surface area contributed by atoms with Gasteiger partial charge in [0.15, 0.2) is 0 Å². The van der Waals surface area contributed by atoms with Crippen molar-refractivity contribution >= 4 is 23.3 Å². The van der Waals surface area contributed by atoms with Crippen LogP contribution < -0.4 is 4.90 Å². The van der Waals surface area contributed by atoms with E-state index in [1.807, 2.05) is 0 Å². The van der Waals surface area contributed by atoms with Crippen LogP contribution in [0.15, 0.2) is 30.9 Å². The number of hydrogen-bond donors (Lipinski definition) is 0. The number of likely N-dealkylation sites (N-methyl/N-ethyl adjacent to an activating group) is 1. The second-order valence-corrected chi connectivity index (χ2v) is 4.44. The van der Waals surface area contributed by atoms with Crippen LogP contribution in [0.4, 0.5) is 11.4 Å². The minimum atomic E-state index is -0.663. The smallest absolute Gasteiger partial charge is 0.340 e. The zero-order chi connectivity index (χ0) is 17.4. The lowest BCUT2D eigenvalue weighted by Crippen LogP contribution is -2.31. The van der Waals surface area contributed by atoms with Crippen molar-refractivity contribution in [1.82, 2.24) is 0 Å². The molecule has 0 N–H and O–H groups in total. The van der Waals surface area contributed by atoms with Crippen molar-refractivity contribution in [3.8, 4) is 0 Å². The number of nitrogens with zero attached hydrogens (tertiary/aromatic N) is 2. The van der Waals surface area contributed by atoms with E-state index in [2.05, 4.69) is 6.58 Å². The number of ether oxygens (including phenoxy) is 2. The van der Waals surface area contributed by atoms with E-state index in [1.165, 1.54) is 25.3 Å². The number of hydrogen-bond acceptors (Lipinski definition) is 6. The minimum absolute atomic E-state index is 0.0667. The zero-order valence-electron chi connectivity index (χ0n) is 13.0. The molecule has 1 aromatic rings. The van der Waals surface area contributed by atoms with Crippen LogP contribution in [0.3, 0.4) is 0 Å². The van der Waals surface area contributed by atoms with Gasteiger partial charge in [0.1, 0.15) is 6.61 Å². The third-order valence-corrected chi connectivity index (χ3v) is 2.88. The SMILES string of the molecule is C=CCOCC(=O)N(C)c1cc([N+](=O)[O-])ccc1C(=O)OCC. The molecule has 0 bridgehead atoms. The zero-order valence-corrected chi connectivity index (χ0v) is 13.0. The van der Waals surface area contributed by atoms with Crippen molar-refractivity contribution in [3.05, 3.63) is 46.5 Å². The van der Waals surface area contributed by atoms with Crippen molar-refractivity contribution in [3.63, 3.8) is 0 Å². The quantitative estimate of drug-likeness (QED) is 0.238. The standard InChI is InChI=1S/C15H18N2O6/c1-4-8-22-10-14(18)16(3)13-9-11(17(20)21)6-7-12(13)15(19)23-5-2/h4,6-7,9H,1,5,8,10H2,2-3H3. The Kier molecular flexibility index (Phi) is 6.88. The summed E-state index contributed by atoms with van der Waals surface area (Å²) in [7, 11) is 1.40. The Balaban J connectivity index is 3.14. The molecule has 1 rings (SSSR count). The fourth-order valence-electron chi connectivity index (χ4n) is 1.75. The van der Waals surface area contributed by atoms with Gasteiger partial charge in [-0.15, -0.1) is 6.58 Å². The lowest BCUT2D eigenvalue weighted by molar-refractivity contribution is -0.384. The van der Waals surface area contributed by atoms with E-state index in [9.17, 15) is 19.7 Å². The number of non-ortho nitro benzene ring substituents is 1. The summed E-state index contributed by atoms with van der Waals surface area (Å²) in [6.45, 7) is 5.20. The molecule has 0 aromatic heterocycles. The summed E-state index contributed by atoms with van der Waals surface area (Å²) in [6.07, 6.45) is 1.49. The number of anilines is 1. The minimum Gasteiger partial charge on any atom is -0.462 e. The van der Waals surface area contributed by atoms with Crippen LogP contribution in [-0.4, -0.2) is 43.7 Å². The number of carbonyl (C=O) groups excluding carboxylic acids is 2. The average Bonchev–Trinajstić information content (AvgIpc) is 2.53. The maximum Gasteiger partial charge on any atom is 0.340 e. The van der Waals surface area contributed by atoms with Gasteiger partial charge >= 0.3 is 5.97 Å². The predicted octanol–water partition coefficient (Wildman–Crippen LogP) is 1.94. The Bertz CT molecular complexity index is 614. The first-order chi connectivity index (χ1) is 10.9. The van der Waals surface area contributed by atoms with Gasteiger partial charge in [0.05, 0.1) is 29.4 Å². The second-order valence-electron chi connectivity index (χ2n) is 4.44. The summed E-state index contributed by atoms with van der Waals surface area (Å²) in [5.74, 6) is -1.12. The topological polar surface area (TPSA) is 99.0 Å². The Labute approximate surface area is 133 Å². The highest BCUT2D eigenvalue weighted by Gasteiger charge is 2.22. The van der Waals surface area contributed by atoms with Crippen molar-refractivity contribution < 1.29 is 24.0 Å². The van der Waals surface area contributed by atoms with Gasteiger partial charge in [-0.25, -0.2) is 4.79 Å². The molecule has 0 atom stereocenters. The third-order valence-electron chi connectivity index (χ3n) is 2.88. The maximum absolute atomic E-state index is 12.1. The fraction of sp³-hybridized carbons (Fsp3) is 0.333. The van der Waals surface area contributed by atoms with Crippen LogP contribution in [0, 0.1) is 10.1 Å². The van der Waals surface area contributed by atoms with E-state index >= 15 is 0 Å². The first-order valence-electron chi connectivity index (χ1n) is 6.83. The molecule has 124 valence electrons. The highest BCUT2D eigenvalue weighted by atomic mass is 16.6. The predicted molar refractivity (Wildman–Crippen MR) is 83.5 cm³/mol. The lowest BCUT2D eigenvalue weighted by Gasteiger charge is -2.19. The summed E-state index contributed by atoms with van der Waals surface area (Å²) in [5, 5.41) is 10.9. The molecule has 8 nitrogen and oxygen atoms in total. The molecule has 0 radical (unpaired) electrons. The monoisotopic (exact) mass is 322 g/mol. The van der Waals surface area contributed by atoms with E-state index in [0.29, 0.717) is 0 Å². The summed E-state index contributed by atoms with van der Waals surface area (Å²) in [6, 6.07) is 3.60. The average molecular weight is 322 g/mol. The lowest BCUT2D eigenvalue weighted by atomic mass is 10.1. The summed E-state index contributed by atoms with van der Waals surface area (Å²) >= 11 is 0. The van der Waals surface area contributed by atoms with Crippen molar-refractivity contribution in [2.45, 2.75) is 6.92 Å². The summed E-state index contributed by atoms with van der Waals surface area (Å²) in [5.41, 5.74) is -0.0819. The van der Waals surface area contributed by atoms with Crippen LogP contribution in [0.2, 0.25) is 0 Å². The molecule has 0 aliphatic rings. The van der Waals surface area contributed by atoms with E-state index < -0.39 is 16.8 Å². The maximum atomic E-state index is 12.1. The van der Waals surface area contributed by atoms with E-state index in [1.54, 1.807) is 6.92 Å². The van der Waals surface area contributed by atoms with Crippen LogP contribution in [-0.2, 0) is 14.3 Å². The second kappa shape index (κ2) is 8.64. The largest absolute Gasteiger partial charge is 0.462 e. The molecule has 1 amide bonds. The molecule has 23 heavy (non-hydrogen) atoms. The number of nitro groups is 1. The van der Waals surface area contributed by atoms with Crippen LogP contribution in [0.25, 0.3) is 0 Å². The van der Waals surface area contributed by atoms with E-state index in [0.717, 1.165) is 11.0 Å². The molecule has 0 unspecified atom stereocenters. The molecule has 0 heterocycles. The first kappa shape index (κ1) is 18.3. The van der Waals surface area contributed by atoms with Gasteiger partial charge in [-0.05, 0) is 13.0 Å². The van der Waals surface area contributed by atoms with E-state index in [4.69, 9.17) is 9.47 Å². The Morgan fingerprint density at radius 1 is 1.43 bits per heavy atom. The van der Waals surface area contributed by atoms with Gasteiger partial charge in [-0.2, -0.15) is 0 Å². The molecule has 0 fully saturated rings. The molecule has 0 aliphatic heterocycles. The van der Waals surface area contributed by atoms with Gasteiger partial charge in [0.2, 0.25) is 0 Å². The highest BCUT2D eigenvalue weighted by Crippen LogP contribution is 2.26. The van der Waals surface area contributed by atoms with Gasteiger partial charge in [-0.3, -0.25) is 14.9 Å². The number of esters is 1. The molecular weight excluding hydrogens is 304 g/mol. The van der Waals surface area contributed by atoms with Gasteiger partial charge < -0.3 is 14.4 Å². The number of nitro benzene ring substituents is 1. The van der Waals surface area contributed by atoms with Gasteiger partial charge in [-0.1, -0.05) is 6.08 Å². The Morgan fingerprint density at radius 2 is 2.13 bits per heavy atom. The van der Waals surface area contributed by atoms with Gasteiger partial charge in [0.25, 0.3) is 11.6 Å². The Morgan fingerprint density at radius 3 is 2.70 bits per heavy atom. The fourth-order valence-corrected chi connectivity index (χ4v) is 1.75. The number of carbonyl (C=O) groups is 2. The number of rotatable bonds is 8. The molecule has 0 saturated carbocycles. The molecule has 0 spiro atoms. The number of amides is 1. The molecule has 0 aliphatic carbocycles. The normalized spacial score (nSPS) is 10.0. The molecule has 8 heteroatoms. The van der Waals surface area contributed by atoms with Crippen molar-refractivity contribution in [1.29, 1.82) is 0 Å². The van der Waals surface area contributed by atoms with Crippen LogP contribution >= 0.6 is 0 Å². The Hall–Kier alpha value is -2.74. The summed E-state index contributed by atoms with van der Waals surface area (Å²) < 4.78 is 9.96. The van der Waals surface area contributed by atoms with Crippen molar-refractivity contribution in [2.24, 2.45) is 0 Å². The number of benzene rings is 1.